The highest BCUT2D eigenvalue weighted by atomic mass is 35.5. The number of thioether (sulfide) groups is 1. The summed E-state index contributed by atoms with van der Waals surface area (Å²) in [4.78, 5) is 28.3. The molecule has 1 aliphatic rings. The zero-order chi connectivity index (χ0) is 14.8. The Balaban J connectivity index is 1.52. The molecule has 0 radical (unpaired) electrons. The quantitative estimate of drug-likeness (QED) is 0.519. The highest BCUT2D eigenvalue weighted by Gasteiger charge is 2.27. The van der Waals surface area contributed by atoms with E-state index >= 15 is 0 Å². The zero-order valence-corrected chi connectivity index (χ0v) is 12.5. The number of hydrogen-bond acceptors (Lipinski definition) is 5. The second-order valence-electron chi connectivity index (χ2n) is 4.50. The van der Waals surface area contributed by atoms with E-state index in [1.165, 1.54) is 16.7 Å². The number of halogens is 1. The number of carbonyl (C=O) groups excluding carboxylic acids is 2. The van der Waals surface area contributed by atoms with E-state index in [4.69, 9.17) is 16.0 Å². The Morgan fingerprint density at radius 1 is 1.43 bits per heavy atom. The molecule has 8 heteroatoms. The Kier molecular flexibility index (Phi) is 4.03. The summed E-state index contributed by atoms with van der Waals surface area (Å²) >= 11 is 7.33. The third-order valence-electron chi connectivity index (χ3n) is 3.02. The van der Waals surface area contributed by atoms with Gasteiger partial charge in [-0.1, -0.05) is 23.4 Å². The predicted octanol–water partition coefficient (Wildman–Crippen LogP) is 2.52. The minimum absolute atomic E-state index is 0.0951. The van der Waals surface area contributed by atoms with Gasteiger partial charge in [0.25, 0.3) is 5.22 Å². The number of benzene rings is 1. The minimum Gasteiger partial charge on any atom is -0.431 e. The van der Waals surface area contributed by atoms with Crippen molar-refractivity contribution in [2.45, 2.75) is 11.6 Å². The van der Waals surface area contributed by atoms with Gasteiger partial charge in [0.15, 0.2) is 5.58 Å². The molecular formula is C13H12ClN3O3S. The molecule has 1 aliphatic heterocycles. The molecule has 0 spiro atoms. The lowest BCUT2D eigenvalue weighted by Gasteiger charge is -2.10. The molecule has 0 aliphatic carbocycles. The molecule has 0 saturated carbocycles. The second kappa shape index (κ2) is 5.95. The lowest BCUT2D eigenvalue weighted by molar-refractivity contribution is -0.124. The summed E-state index contributed by atoms with van der Waals surface area (Å²) in [5.74, 6) is 0.527. The summed E-state index contributed by atoms with van der Waals surface area (Å²) in [6.45, 7) is 0.502. The first-order chi connectivity index (χ1) is 10.1. The van der Waals surface area contributed by atoms with E-state index < -0.39 is 0 Å². The molecule has 2 heterocycles. The van der Waals surface area contributed by atoms with Crippen molar-refractivity contribution in [3.05, 3.63) is 23.2 Å². The summed E-state index contributed by atoms with van der Waals surface area (Å²) in [6, 6.07) is 4.97. The Labute approximate surface area is 129 Å². The first-order valence-corrected chi connectivity index (χ1v) is 7.77. The third-order valence-corrected chi connectivity index (χ3v) is 4.17. The van der Waals surface area contributed by atoms with Crippen LogP contribution in [0.1, 0.15) is 6.42 Å². The summed E-state index contributed by atoms with van der Waals surface area (Å²) in [7, 11) is 0. The number of oxazole rings is 1. The average molecular weight is 326 g/mol. The summed E-state index contributed by atoms with van der Waals surface area (Å²) in [5.41, 5.74) is 1.41. The SMILES string of the molecule is O=C1CNC(=O)N1CCCSc1nc2ccc(Cl)cc2o1. The van der Waals surface area contributed by atoms with Crippen LogP contribution in [-0.4, -0.2) is 40.7 Å². The molecule has 0 bridgehead atoms. The number of amides is 3. The number of imide groups is 1. The molecule has 1 aromatic heterocycles. The topological polar surface area (TPSA) is 75.4 Å². The van der Waals surface area contributed by atoms with Crippen LogP contribution in [0.15, 0.2) is 27.8 Å². The average Bonchev–Trinajstić information content (AvgIpc) is 2.99. The number of carbonyl (C=O) groups is 2. The maximum Gasteiger partial charge on any atom is 0.324 e. The Morgan fingerprint density at radius 2 is 2.29 bits per heavy atom. The standard InChI is InChI=1S/C13H12ClN3O3S/c14-8-2-3-9-10(6-8)20-13(16-9)21-5-1-4-17-11(18)7-15-12(17)19/h2-3,6H,1,4-5,7H2,(H,15,19). The highest BCUT2D eigenvalue weighted by Crippen LogP contribution is 2.26. The minimum atomic E-state index is -0.318. The van der Waals surface area contributed by atoms with Crippen molar-refractivity contribution in [3.8, 4) is 0 Å². The number of nitrogens with zero attached hydrogens (tertiary/aromatic N) is 2. The van der Waals surface area contributed by atoms with Gasteiger partial charge in [-0.2, -0.15) is 0 Å². The maximum absolute atomic E-state index is 11.4. The van der Waals surface area contributed by atoms with Crippen molar-refractivity contribution in [2.24, 2.45) is 0 Å². The van der Waals surface area contributed by atoms with Gasteiger partial charge in [0, 0.05) is 23.4 Å². The normalized spacial score (nSPS) is 15.0. The van der Waals surface area contributed by atoms with Crippen LogP contribution in [0.2, 0.25) is 5.02 Å². The van der Waals surface area contributed by atoms with Crippen LogP contribution in [0.5, 0.6) is 0 Å². The number of nitrogens with one attached hydrogen (secondary N) is 1. The van der Waals surface area contributed by atoms with Crippen molar-refractivity contribution in [2.75, 3.05) is 18.8 Å². The van der Waals surface area contributed by atoms with Gasteiger partial charge in [0.1, 0.15) is 5.52 Å². The molecule has 1 fully saturated rings. The summed E-state index contributed by atoms with van der Waals surface area (Å²) in [5, 5.41) is 3.65. The lowest BCUT2D eigenvalue weighted by atomic mass is 10.3. The van der Waals surface area contributed by atoms with E-state index in [1.807, 2.05) is 0 Å². The van der Waals surface area contributed by atoms with E-state index in [1.54, 1.807) is 18.2 Å². The largest absolute Gasteiger partial charge is 0.431 e. The smallest absolute Gasteiger partial charge is 0.324 e. The lowest BCUT2D eigenvalue weighted by Crippen LogP contribution is -2.32. The molecule has 1 N–H and O–H groups in total. The van der Waals surface area contributed by atoms with E-state index in [2.05, 4.69) is 10.3 Å². The number of aromatic nitrogens is 1. The van der Waals surface area contributed by atoms with Crippen LogP contribution in [-0.2, 0) is 4.79 Å². The molecule has 1 aromatic carbocycles. The Hall–Kier alpha value is -1.73. The van der Waals surface area contributed by atoms with Crippen LogP contribution >= 0.6 is 23.4 Å². The second-order valence-corrected chi connectivity index (χ2v) is 5.98. The van der Waals surface area contributed by atoms with Gasteiger partial charge in [-0.3, -0.25) is 9.69 Å². The molecule has 0 atom stereocenters. The monoisotopic (exact) mass is 325 g/mol. The number of rotatable bonds is 5. The van der Waals surface area contributed by atoms with Gasteiger partial charge in [0.2, 0.25) is 5.91 Å². The number of hydrogen-bond donors (Lipinski definition) is 1. The number of urea groups is 1. The molecule has 21 heavy (non-hydrogen) atoms. The third kappa shape index (κ3) is 3.14. The van der Waals surface area contributed by atoms with Gasteiger partial charge in [-0.05, 0) is 18.6 Å². The molecule has 110 valence electrons. The first-order valence-electron chi connectivity index (χ1n) is 6.40. The summed E-state index contributed by atoms with van der Waals surface area (Å²) in [6.07, 6.45) is 0.684. The van der Waals surface area contributed by atoms with E-state index in [0.717, 1.165) is 5.52 Å². The van der Waals surface area contributed by atoms with E-state index in [9.17, 15) is 9.59 Å². The molecular weight excluding hydrogens is 314 g/mol. The molecule has 3 amide bonds. The van der Waals surface area contributed by atoms with Crippen LogP contribution in [0.3, 0.4) is 0 Å². The highest BCUT2D eigenvalue weighted by molar-refractivity contribution is 7.99. The molecule has 2 aromatic rings. The fraction of sp³-hybridized carbons (Fsp3) is 0.308. The van der Waals surface area contributed by atoms with Crippen molar-refractivity contribution in [1.82, 2.24) is 15.2 Å². The molecule has 6 nitrogen and oxygen atoms in total. The van der Waals surface area contributed by atoms with Crippen LogP contribution < -0.4 is 5.32 Å². The van der Waals surface area contributed by atoms with E-state index in [-0.39, 0.29) is 18.5 Å². The predicted molar refractivity (Wildman–Crippen MR) is 79.5 cm³/mol. The fourth-order valence-corrected chi connectivity index (χ4v) is 2.92. The van der Waals surface area contributed by atoms with Crippen LogP contribution in [0, 0.1) is 0 Å². The van der Waals surface area contributed by atoms with Gasteiger partial charge in [-0.15, -0.1) is 0 Å². The van der Waals surface area contributed by atoms with Crippen molar-refractivity contribution in [3.63, 3.8) is 0 Å². The van der Waals surface area contributed by atoms with Gasteiger partial charge >= 0.3 is 6.03 Å². The van der Waals surface area contributed by atoms with Gasteiger partial charge in [-0.25, -0.2) is 9.78 Å². The Morgan fingerprint density at radius 3 is 3.05 bits per heavy atom. The van der Waals surface area contributed by atoms with Crippen LogP contribution in [0.25, 0.3) is 11.1 Å². The van der Waals surface area contributed by atoms with Crippen molar-refractivity contribution in [1.29, 1.82) is 0 Å². The Bertz CT molecular complexity index is 687. The van der Waals surface area contributed by atoms with Crippen LogP contribution in [0.4, 0.5) is 4.79 Å². The maximum atomic E-state index is 11.4. The number of fused-ring (bicyclic) bond motifs is 1. The van der Waals surface area contributed by atoms with E-state index in [0.29, 0.717) is 34.5 Å². The van der Waals surface area contributed by atoms with Crippen molar-refractivity contribution >= 4 is 46.4 Å². The molecule has 3 rings (SSSR count). The first kappa shape index (κ1) is 14.2. The fourth-order valence-electron chi connectivity index (χ4n) is 2.00. The van der Waals surface area contributed by atoms with Gasteiger partial charge in [0.05, 0.1) is 6.54 Å². The molecule has 0 unspecified atom stereocenters. The van der Waals surface area contributed by atoms with Crippen molar-refractivity contribution < 1.29 is 14.0 Å². The van der Waals surface area contributed by atoms with Gasteiger partial charge < -0.3 is 9.73 Å². The molecule has 1 saturated heterocycles. The summed E-state index contributed by atoms with van der Waals surface area (Å²) < 4.78 is 5.57. The zero-order valence-electron chi connectivity index (χ0n) is 11.0.